The Balaban J connectivity index is 2.21. The summed E-state index contributed by atoms with van der Waals surface area (Å²) in [6, 6.07) is 5.48. The van der Waals surface area contributed by atoms with E-state index in [9.17, 15) is 13.6 Å². The van der Waals surface area contributed by atoms with Gasteiger partial charge in [0.25, 0.3) is 1.43 Å². The van der Waals surface area contributed by atoms with Crippen LogP contribution in [-0.4, -0.2) is 20.6 Å². The van der Waals surface area contributed by atoms with E-state index in [0.29, 0.717) is 9.99 Å². The third-order valence-corrected chi connectivity index (χ3v) is 3.86. The van der Waals surface area contributed by atoms with Gasteiger partial charge in [-0.25, -0.2) is 18.6 Å². The van der Waals surface area contributed by atoms with Crippen LogP contribution in [0.1, 0.15) is 10.4 Å². The van der Waals surface area contributed by atoms with Crippen LogP contribution >= 0.6 is 15.9 Å². The number of halogens is 3. The zero-order valence-electron chi connectivity index (χ0n) is 12.7. The van der Waals surface area contributed by atoms with Crippen molar-refractivity contribution in [1.82, 2.24) is 9.55 Å². The Bertz CT molecular complexity index is 962. The number of rotatable bonds is 3. The molecule has 1 aromatic heterocycles. The number of aromatic nitrogens is 2. The number of hydrogen-bond donors (Lipinski definition) is 2. The van der Waals surface area contributed by atoms with Crippen molar-refractivity contribution >= 4 is 44.3 Å². The average molecular weight is 383 g/mol. The Morgan fingerprint density at radius 2 is 2.22 bits per heavy atom. The molecule has 0 aliphatic rings. The van der Waals surface area contributed by atoms with E-state index in [1.807, 2.05) is 0 Å². The van der Waals surface area contributed by atoms with Crippen LogP contribution in [0.2, 0.25) is 0 Å². The van der Waals surface area contributed by atoms with E-state index in [0.717, 1.165) is 0 Å². The maximum atomic E-state index is 14.8. The van der Waals surface area contributed by atoms with Crippen LogP contribution in [0.25, 0.3) is 12.5 Å². The van der Waals surface area contributed by atoms with Crippen molar-refractivity contribution < 1.29 is 18.7 Å². The summed E-state index contributed by atoms with van der Waals surface area (Å²) in [7, 11) is 1.63. The second-order valence-electron chi connectivity index (χ2n) is 4.87. The lowest BCUT2D eigenvalue weighted by atomic mass is 10.1. The Labute approximate surface area is 139 Å². The number of nitrogens with one attached hydrogen (secondary N) is 1. The number of fused-ring (bicyclic) bond motifs is 1. The second-order valence-corrected chi connectivity index (χ2v) is 5.79. The van der Waals surface area contributed by atoms with Crippen molar-refractivity contribution in [3.63, 3.8) is 0 Å². The molecule has 8 heteroatoms. The van der Waals surface area contributed by atoms with Crippen LogP contribution in [0.3, 0.4) is 0 Å². The monoisotopic (exact) mass is 382 g/mol. The second kappa shape index (κ2) is 5.62. The minimum atomic E-state index is -1.07. The first kappa shape index (κ1) is 14.1. The number of nitrogens with zero attached hydrogens (tertiary/aromatic N) is 2. The lowest BCUT2D eigenvalue weighted by Gasteiger charge is -2.12. The average Bonchev–Trinajstić information content (AvgIpc) is 2.92. The van der Waals surface area contributed by atoms with Crippen LogP contribution in [0.5, 0.6) is 0 Å². The normalized spacial score (nSPS) is 11.4. The van der Waals surface area contributed by atoms with Gasteiger partial charge in [-0.3, -0.25) is 0 Å². The Kier molecular flexibility index (Phi) is 3.45. The van der Waals surface area contributed by atoms with E-state index in [1.165, 1.54) is 29.1 Å². The standard InChI is InChI=1S/C15H10BrF2N3O2/c1-21-6-19-14-11(21)5-8(15(22)23)13(12(14)18)20-10-3-2-7(16)4-9(10)17/h2-6,20H,1H3,(H,22,23)/i/hD. The van der Waals surface area contributed by atoms with E-state index < -0.39 is 17.6 Å². The molecule has 0 unspecified atom stereocenters. The fourth-order valence-electron chi connectivity index (χ4n) is 2.23. The van der Waals surface area contributed by atoms with Gasteiger partial charge in [0.05, 0.1) is 28.8 Å². The zero-order valence-corrected chi connectivity index (χ0v) is 13.3. The highest BCUT2D eigenvalue weighted by Gasteiger charge is 2.21. The van der Waals surface area contributed by atoms with E-state index in [2.05, 4.69) is 31.3 Å². The van der Waals surface area contributed by atoms with Crippen LogP contribution in [0.15, 0.2) is 35.1 Å². The van der Waals surface area contributed by atoms with Crippen molar-refractivity contribution in [3.8, 4) is 0 Å². The molecule has 118 valence electrons. The molecular formula is C15H10BrF2N3O2. The number of aryl methyl sites for hydroxylation is 1. The highest BCUT2D eigenvalue weighted by Crippen LogP contribution is 2.32. The van der Waals surface area contributed by atoms with Gasteiger partial charge in [0, 0.05) is 11.5 Å². The topological polar surface area (TPSA) is 67.1 Å². The van der Waals surface area contributed by atoms with Crippen molar-refractivity contribution in [1.29, 1.82) is 1.43 Å². The highest BCUT2D eigenvalue weighted by molar-refractivity contribution is 9.10. The SMILES string of the molecule is [2H]OC(=O)c1cc2c(ncn2C)c(F)c1Nc1ccc(Br)cc1F. The minimum absolute atomic E-state index is 0.0130. The molecule has 0 saturated heterocycles. The number of benzene rings is 2. The van der Waals surface area contributed by atoms with Gasteiger partial charge in [0.2, 0.25) is 0 Å². The van der Waals surface area contributed by atoms with Crippen LogP contribution in [-0.2, 0) is 7.05 Å². The maximum absolute atomic E-state index is 14.8. The molecule has 1 heterocycles. The van der Waals surface area contributed by atoms with Gasteiger partial charge < -0.3 is 15.0 Å². The molecule has 2 aromatic carbocycles. The maximum Gasteiger partial charge on any atom is 0.338 e. The number of carbonyl (C=O) groups is 1. The predicted octanol–water partition coefficient (Wildman–Crippen LogP) is 4.06. The molecule has 0 radical (unpaired) electrons. The van der Waals surface area contributed by atoms with E-state index in [1.54, 1.807) is 13.1 Å². The first-order chi connectivity index (χ1) is 11.4. The first-order valence-corrected chi connectivity index (χ1v) is 7.24. The molecule has 0 aliphatic heterocycles. The van der Waals surface area contributed by atoms with Gasteiger partial charge in [0.1, 0.15) is 11.3 Å². The number of carboxylic acids is 1. The Hall–Kier alpha value is -2.48. The summed E-state index contributed by atoms with van der Waals surface area (Å²) in [4.78, 5) is 15.8. The van der Waals surface area contributed by atoms with Crippen LogP contribution in [0, 0.1) is 11.6 Å². The summed E-state index contributed by atoms with van der Waals surface area (Å²) in [5.74, 6) is -2.55. The highest BCUT2D eigenvalue weighted by atomic mass is 79.9. The molecule has 3 rings (SSSR count). The summed E-state index contributed by atoms with van der Waals surface area (Å²) in [5.41, 5.74) is -0.221. The fraction of sp³-hybridized carbons (Fsp3) is 0.0667. The van der Waals surface area contributed by atoms with E-state index in [4.69, 9.17) is 1.43 Å². The zero-order chi connectivity index (χ0) is 17.4. The number of hydrogen-bond acceptors (Lipinski definition) is 4. The number of carboxylic acid groups (broad SMARTS) is 1. The van der Waals surface area contributed by atoms with E-state index in [-0.39, 0.29) is 22.5 Å². The molecule has 0 saturated carbocycles. The van der Waals surface area contributed by atoms with Gasteiger partial charge in [-0.1, -0.05) is 15.9 Å². The van der Waals surface area contributed by atoms with Crippen molar-refractivity contribution in [2.75, 3.05) is 5.32 Å². The van der Waals surface area contributed by atoms with Gasteiger partial charge in [-0.15, -0.1) is 0 Å². The molecule has 0 aliphatic carbocycles. The first-order valence-electron chi connectivity index (χ1n) is 6.86. The fourth-order valence-corrected chi connectivity index (χ4v) is 2.57. The summed E-state index contributed by atoms with van der Waals surface area (Å²) in [5, 5.41) is 6.51. The smallest absolute Gasteiger partial charge is 0.338 e. The van der Waals surface area contributed by atoms with Crippen molar-refractivity contribution in [3.05, 3.63) is 52.3 Å². The van der Waals surface area contributed by atoms with Gasteiger partial charge >= 0.3 is 5.97 Å². The Morgan fingerprint density at radius 3 is 2.91 bits per heavy atom. The van der Waals surface area contributed by atoms with E-state index >= 15 is 0 Å². The van der Waals surface area contributed by atoms with Gasteiger partial charge in [-0.2, -0.15) is 0 Å². The molecule has 3 aromatic rings. The molecule has 2 N–H and O–H groups in total. The van der Waals surface area contributed by atoms with Gasteiger partial charge in [-0.05, 0) is 24.3 Å². The molecule has 23 heavy (non-hydrogen) atoms. The van der Waals surface area contributed by atoms with Crippen LogP contribution < -0.4 is 5.32 Å². The largest absolute Gasteiger partial charge is 0.478 e. The number of aromatic carboxylic acids is 1. The molecule has 0 bridgehead atoms. The van der Waals surface area contributed by atoms with Gasteiger partial charge in [0.15, 0.2) is 5.82 Å². The predicted molar refractivity (Wildman–Crippen MR) is 85.0 cm³/mol. The molecule has 0 amide bonds. The number of anilines is 2. The van der Waals surface area contributed by atoms with Crippen LogP contribution in [0.4, 0.5) is 20.2 Å². The molecule has 0 fully saturated rings. The van der Waals surface area contributed by atoms with Crippen molar-refractivity contribution in [2.45, 2.75) is 0 Å². The summed E-state index contributed by atoms with van der Waals surface area (Å²) < 4.78 is 37.6. The molecule has 0 spiro atoms. The third-order valence-electron chi connectivity index (χ3n) is 3.37. The number of imidazole rings is 1. The summed E-state index contributed by atoms with van der Waals surface area (Å²) in [6.07, 6.45) is 1.38. The van der Waals surface area contributed by atoms with Crippen molar-refractivity contribution in [2.24, 2.45) is 7.05 Å². The molecule has 0 atom stereocenters. The lowest BCUT2D eigenvalue weighted by molar-refractivity contribution is 0.0697. The quantitative estimate of drug-likeness (QED) is 0.716. The summed E-state index contributed by atoms with van der Waals surface area (Å²) >= 11 is 3.13. The minimum Gasteiger partial charge on any atom is -0.478 e. The molecular weight excluding hydrogens is 372 g/mol. The Morgan fingerprint density at radius 1 is 1.43 bits per heavy atom. The summed E-state index contributed by atoms with van der Waals surface area (Å²) in [6.45, 7) is 0. The molecule has 5 nitrogen and oxygen atoms in total. The lowest BCUT2D eigenvalue weighted by Crippen LogP contribution is -2.07. The third kappa shape index (κ3) is 2.65.